The molecule has 0 aliphatic rings. The molecule has 0 saturated heterocycles. The molecule has 0 aliphatic carbocycles. The summed E-state index contributed by atoms with van der Waals surface area (Å²) >= 11 is 6.08. The first kappa shape index (κ1) is 47.8. The lowest BCUT2D eigenvalue weighted by molar-refractivity contribution is -0.167. The van der Waals surface area contributed by atoms with E-state index in [1.165, 1.54) is 81.6 Å². The molecule has 320 valence electrons. The molecule has 3 N–H and O–H groups in total. The first-order chi connectivity index (χ1) is 27.4. The van der Waals surface area contributed by atoms with Crippen molar-refractivity contribution in [3.63, 3.8) is 0 Å². The Morgan fingerprint density at radius 2 is 1.42 bits per heavy atom. The third-order valence-electron chi connectivity index (χ3n) is 8.51. The molecule has 3 aromatic rings. The zero-order valence-corrected chi connectivity index (χ0v) is 33.8. The summed E-state index contributed by atoms with van der Waals surface area (Å²) in [7, 11) is 1.37. The molecule has 18 heteroatoms. The van der Waals surface area contributed by atoms with Gasteiger partial charge in [-0.3, -0.25) is 24.0 Å². The van der Waals surface area contributed by atoms with E-state index < -0.39 is 89.8 Å². The highest BCUT2D eigenvalue weighted by molar-refractivity contribution is 6.31. The lowest BCUT2D eigenvalue weighted by atomic mass is 9.82. The maximum Gasteiger partial charge on any atom is 0.405 e. The van der Waals surface area contributed by atoms with Gasteiger partial charge in [-0.05, 0) is 80.3 Å². The van der Waals surface area contributed by atoms with Crippen LogP contribution in [0.4, 0.5) is 22.0 Å². The predicted molar refractivity (Wildman–Crippen MR) is 205 cm³/mol. The molecule has 0 fully saturated rings. The minimum absolute atomic E-state index is 0.0856. The molecule has 0 heterocycles. The summed E-state index contributed by atoms with van der Waals surface area (Å²) in [6, 6.07) is 14.6. The van der Waals surface area contributed by atoms with Gasteiger partial charge in [0.25, 0.3) is 11.8 Å². The standard InChI is InChI=1S/C41H45ClF5N3O9/c1-23(2)30(35(53)41(46,47)38(56)48-22-40(43,44)45)20-32(51)34(25-12-16-28(57-6)17-13-25)50-37(55)31(49-36(54)26-8-7-9-27(42)19-26)18-24-10-14-29(15-11-24)58-21-33(52)59-39(3,4)5/h7-17,19,23,30-31,34H,18,20-22H2,1-6H3,(H,48,56)(H,49,54)(H,50,55)/t30-,31-,34-/m0/s1. The van der Waals surface area contributed by atoms with Gasteiger partial charge in [0.05, 0.1) is 7.11 Å². The van der Waals surface area contributed by atoms with E-state index >= 15 is 8.78 Å². The zero-order valence-electron chi connectivity index (χ0n) is 33.0. The second kappa shape index (κ2) is 20.4. The number of rotatable bonds is 19. The molecule has 3 rings (SSSR count). The normalized spacial score (nSPS) is 13.4. The van der Waals surface area contributed by atoms with Crippen molar-refractivity contribution in [3.8, 4) is 11.5 Å². The van der Waals surface area contributed by atoms with Gasteiger partial charge >= 0.3 is 18.1 Å². The summed E-state index contributed by atoms with van der Waals surface area (Å²) < 4.78 is 83.9. The van der Waals surface area contributed by atoms with Gasteiger partial charge in [0, 0.05) is 29.3 Å². The Bertz CT molecular complexity index is 1970. The van der Waals surface area contributed by atoms with Crippen LogP contribution in [0.1, 0.15) is 68.6 Å². The van der Waals surface area contributed by atoms with Crippen molar-refractivity contribution in [2.45, 2.75) is 77.2 Å². The molecule has 0 aliphatic heterocycles. The number of Topliss-reactive ketones (excluding diaryl/α,β-unsaturated/α-hetero) is 2. The van der Waals surface area contributed by atoms with E-state index in [4.69, 9.17) is 25.8 Å². The molecule has 0 saturated carbocycles. The molecule has 0 bridgehead atoms. The summed E-state index contributed by atoms with van der Waals surface area (Å²) in [5.41, 5.74) is -0.0534. The monoisotopic (exact) mass is 853 g/mol. The number of carbonyl (C=O) groups is 6. The summed E-state index contributed by atoms with van der Waals surface area (Å²) in [6.07, 6.45) is -6.20. The van der Waals surface area contributed by atoms with E-state index in [9.17, 15) is 41.9 Å². The second-order valence-corrected chi connectivity index (χ2v) is 15.2. The Kier molecular flexibility index (Phi) is 16.5. The molecule has 3 aromatic carbocycles. The van der Waals surface area contributed by atoms with E-state index in [0.29, 0.717) is 11.3 Å². The first-order valence-electron chi connectivity index (χ1n) is 18.1. The van der Waals surface area contributed by atoms with E-state index in [2.05, 4.69) is 10.6 Å². The number of benzene rings is 3. The van der Waals surface area contributed by atoms with Gasteiger partial charge < -0.3 is 30.2 Å². The fourth-order valence-electron chi connectivity index (χ4n) is 5.54. The summed E-state index contributed by atoms with van der Waals surface area (Å²) in [6.45, 7) is 5.21. The number of nitrogens with one attached hydrogen (secondary N) is 3. The topological polar surface area (TPSA) is 166 Å². The predicted octanol–water partition coefficient (Wildman–Crippen LogP) is 6.38. The van der Waals surface area contributed by atoms with Crippen molar-refractivity contribution in [2.75, 3.05) is 20.3 Å². The molecule has 3 atom stereocenters. The molecule has 12 nitrogen and oxygen atoms in total. The van der Waals surface area contributed by atoms with Crippen molar-refractivity contribution in [1.29, 1.82) is 0 Å². The van der Waals surface area contributed by atoms with E-state index in [0.717, 1.165) is 5.32 Å². The number of hydrogen-bond acceptors (Lipinski definition) is 9. The molecule has 0 spiro atoms. The number of alkyl halides is 5. The van der Waals surface area contributed by atoms with Gasteiger partial charge in [0.2, 0.25) is 11.7 Å². The number of hydrogen-bond donors (Lipinski definition) is 3. The van der Waals surface area contributed by atoms with Crippen molar-refractivity contribution in [2.24, 2.45) is 11.8 Å². The Hall–Kier alpha value is -5.58. The van der Waals surface area contributed by atoms with Crippen LogP contribution in [0.5, 0.6) is 11.5 Å². The number of ketones is 2. The van der Waals surface area contributed by atoms with Crippen LogP contribution in [-0.2, 0) is 35.1 Å². The van der Waals surface area contributed by atoms with Crippen LogP contribution in [0.25, 0.3) is 0 Å². The lowest BCUT2D eigenvalue weighted by Crippen LogP contribution is -2.52. The number of ether oxygens (including phenoxy) is 3. The summed E-state index contributed by atoms with van der Waals surface area (Å²) in [4.78, 5) is 78.9. The van der Waals surface area contributed by atoms with Crippen LogP contribution in [0.2, 0.25) is 5.02 Å². The fourth-order valence-corrected chi connectivity index (χ4v) is 5.73. The number of methoxy groups -OCH3 is 1. The Morgan fingerprint density at radius 1 is 0.814 bits per heavy atom. The third kappa shape index (κ3) is 14.9. The number of halogens is 6. The van der Waals surface area contributed by atoms with Crippen LogP contribution in [0.3, 0.4) is 0 Å². The Labute approximate surface area is 342 Å². The molecule has 59 heavy (non-hydrogen) atoms. The van der Waals surface area contributed by atoms with Gasteiger partial charge in [0.15, 0.2) is 12.4 Å². The van der Waals surface area contributed by atoms with E-state index in [-0.39, 0.29) is 34.9 Å². The molecule has 0 radical (unpaired) electrons. The Balaban J connectivity index is 1.95. The highest BCUT2D eigenvalue weighted by Gasteiger charge is 2.52. The zero-order chi connectivity index (χ0) is 44.3. The average molecular weight is 854 g/mol. The average Bonchev–Trinajstić information content (AvgIpc) is 3.15. The highest BCUT2D eigenvalue weighted by atomic mass is 35.5. The fraction of sp³-hybridized carbons (Fsp3) is 0.415. The van der Waals surface area contributed by atoms with Crippen molar-refractivity contribution < 1.29 is 64.9 Å². The minimum atomic E-state index is -5.04. The SMILES string of the molecule is COc1ccc([C@H](NC(=O)[C@H](Cc2ccc(OCC(=O)OC(C)(C)C)cc2)NC(=O)c2cccc(Cl)c2)C(=O)C[C@H](C(=O)C(F)(F)C(=O)NCC(F)(F)F)C(C)C)cc1. The highest BCUT2D eigenvalue weighted by Crippen LogP contribution is 2.31. The minimum Gasteiger partial charge on any atom is -0.497 e. The maximum atomic E-state index is 15.0. The van der Waals surface area contributed by atoms with Crippen LogP contribution in [-0.4, -0.2) is 79.3 Å². The van der Waals surface area contributed by atoms with Gasteiger partial charge in [0.1, 0.15) is 35.7 Å². The van der Waals surface area contributed by atoms with Crippen molar-refractivity contribution in [3.05, 3.63) is 94.5 Å². The molecule has 3 amide bonds. The van der Waals surface area contributed by atoms with Gasteiger partial charge in [-0.15, -0.1) is 0 Å². The van der Waals surface area contributed by atoms with Gasteiger partial charge in [-0.2, -0.15) is 22.0 Å². The summed E-state index contributed by atoms with van der Waals surface area (Å²) in [5, 5.41) is 6.40. The van der Waals surface area contributed by atoms with Crippen LogP contribution < -0.4 is 25.4 Å². The van der Waals surface area contributed by atoms with E-state index in [1.807, 2.05) is 0 Å². The molecular formula is C41H45ClF5N3O9. The van der Waals surface area contributed by atoms with Crippen molar-refractivity contribution >= 4 is 46.9 Å². The van der Waals surface area contributed by atoms with Gasteiger partial charge in [-0.25, -0.2) is 4.79 Å². The van der Waals surface area contributed by atoms with Crippen LogP contribution >= 0.6 is 11.6 Å². The lowest BCUT2D eigenvalue weighted by Gasteiger charge is -2.27. The largest absolute Gasteiger partial charge is 0.497 e. The quantitative estimate of drug-likeness (QED) is 0.0705. The van der Waals surface area contributed by atoms with Crippen molar-refractivity contribution in [1.82, 2.24) is 16.0 Å². The third-order valence-corrected chi connectivity index (χ3v) is 8.75. The number of esters is 1. The Morgan fingerprint density at radius 3 is 1.97 bits per heavy atom. The second-order valence-electron chi connectivity index (χ2n) is 14.7. The number of carbonyl (C=O) groups excluding carboxylic acids is 6. The maximum absolute atomic E-state index is 15.0. The molecule has 0 aromatic heterocycles. The van der Waals surface area contributed by atoms with E-state index in [1.54, 1.807) is 32.9 Å². The molecule has 0 unspecified atom stereocenters. The van der Waals surface area contributed by atoms with Crippen LogP contribution in [0, 0.1) is 11.8 Å². The first-order valence-corrected chi connectivity index (χ1v) is 18.5. The van der Waals surface area contributed by atoms with Crippen LogP contribution in [0.15, 0.2) is 72.8 Å². The summed E-state index contributed by atoms with van der Waals surface area (Å²) in [5.74, 6) is -15.0. The molecular weight excluding hydrogens is 809 g/mol. The number of amides is 3. The smallest absolute Gasteiger partial charge is 0.405 e. The van der Waals surface area contributed by atoms with Gasteiger partial charge in [-0.1, -0.05) is 55.8 Å².